The molecule has 0 spiro atoms. The number of aromatic amines is 1. The molecule has 126 valence electrons. The molecule has 7 nitrogen and oxygen atoms in total. The van der Waals surface area contributed by atoms with Crippen LogP contribution in [-0.4, -0.2) is 37.4 Å². The molecular weight excluding hydrogens is 362 g/mol. The molecule has 0 fully saturated rings. The molecule has 1 aromatic carbocycles. The number of carbonyl (C=O) groups is 1. The van der Waals surface area contributed by atoms with Gasteiger partial charge in [-0.05, 0) is 6.07 Å². The van der Waals surface area contributed by atoms with E-state index in [-0.39, 0.29) is 11.3 Å². The van der Waals surface area contributed by atoms with Crippen LogP contribution in [0.25, 0.3) is 15.9 Å². The van der Waals surface area contributed by atoms with Crippen LogP contribution in [0.4, 0.5) is 0 Å². The first kappa shape index (κ1) is 15.8. The number of thiophene rings is 1. The number of hydrogen-bond acceptors (Lipinski definition) is 5. The third-order valence-electron chi connectivity index (χ3n) is 3.87. The monoisotopic (exact) mass is 373 g/mol. The zero-order valence-electron chi connectivity index (χ0n) is 13.1. The first-order chi connectivity index (χ1) is 12.1. The number of hydrogen-bond donors (Lipinski definition) is 1. The molecule has 0 atom stereocenters. The minimum atomic E-state index is -0.484. The summed E-state index contributed by atoms with van der Waals surface area (Å²) in [4.78, 5) is 35.3. The van der Waals surface area contributed by atoms with Gasteiger partial charge in [0.2, 0.25) is 0 Å². The van der Waals surface area contributed by atoms with Gasteiger partial charge in [0.25, 0.3) is 17.2 Å². The normalized spacial score (nSPS) is 11.3. The third kappa shape index (κ3) is 2.59. The Balaban J connectivity index is 1.66. The Morgan fingerprint density at radius 2 is 2.16 bits per heavy atom. The first-order valence-electron chi connectivity index (χ1n) is 7.39. The highest BCUT2D eigenvalue weighted by molar-refractivity contribution is 7.19. The van der Waals surface area contributed by atoms with Crippen LogP contribution in [0.5, 0.6) is 0 Å². The van der Waals surface area contributed by atoms with Crippen molar-refractivity contribution in [2.75, 3.05) is 7.05 Å². The van der Waals surface area contributed by atoms with Crippen molar-refractivity contribution >= 4 is 44.7 Å². The van der Waals surface area contributed by atoms with Gasteiger partial charge in [-0.3, -0.25) is 14.7 Å². The van der Waals surface area contributed by atoms with Crippen molar-refractivity contribution in [3.8, 4) is 0 Å². The fraction of sp³-hybridized carbons (Fsp3) is 0.125. The molecule has 0 aliphatic carbocycles. The van der Waals surface area contributed by atoms with Gasteiger partial charge in [0.15, 0.2) is 0 Å². The number of aromatic nitrogens is 4. The fourth-order valence-corrected chi connectivity index (χ4v) is 4.15. The molecule has 25 heavy (non-hydrogen) atoms. The molecule has 0 saturated heterocycles. The number of H-pyrrole nitrogens is 1. The van der Waals surface area contributed by atoms with Crippen LogP contribution in [0, 0.1) is 0 Å². The molecule has 0 aliphatic rings. The molecule has 3 heterocycles. The molecular formula is C16H12ClN5O2S. The maximum atomic E-state index is 12.7. The van der Waals surface area contributed by atoms with Crippen LogP contribution >= 0.6 is 22.9 Å². The Morgan fingerprint density at radius 3 is 2.96 bits per heavy atom. The first-order valence-corrected chi connectivity index (χ1v) is 8.58. The highest BCUT2D eigenvalue weighted by atomic mass is 35.5. The van der Waals surface area contributed by atoms with Gasteiger partial charge < -0.3 is 4.90 Å². The van der Waals surface area contributed by atoms with E-state index in [2.05, 4.69) is 15.1 Å². The van der Waals surface area contributed by atoms with Gasteiger partial charge >= 0.3 is 0 Å². The molecule has 0 saturated carbocycles. The van der Waals surface area contributed by atoms with Crippen LogP contribution < -0.4 is 5.56 Å². The SMILES string of the molecule is CN(Cc1sc2ccccc2c1Cl)C(=O)c1cnc2nc[nH]n2c1=O. The van der Waals surface area contributed by atoms with Gasteiger partial charge in [0.05, 0.1) is 11.6 Å². The van der Waals surface area contributed by atoms with Crippen molar-refractivity contribution in [1.82, 2.24) is 24.5 Å². The lowest BCUT2D eigenvalue weighted by Crippen LogP contribution is -2.33. The van der Waals surface area contributed by atoms with Gasteiger partial charge in [-0.1, -0.05) is 29.8 Å². The summed E-state index contributed by atoms with van der Waals surface area (Å²) in [6, 6.07) is 7.80. The van der Waals surface area contributed by atoms with E-state index in [9.17, 15) is 9.59 Å². The number of amides is 1. The summed E-state index contributed by atoms with van der Waals surface area (Å²) in [5.41, 5.74) is -0.511. The van der Waals surface area contributed by atoms with Crippen molar-refractivity contribution in [1.29, 1.82) is 0 Å². The maximum absolute atomic E-state index is 12.7. The summed E-state index contributed by atoms with van der Waals surface area (Å²) in [6.07, 6.45) is 2.60. The summed E-state index contributed by atoms with van der Waals surface area (Å²) in [7, 11) is 1.63. The van der Waals surface area contributed by atoms with Crippen molar-refractivity contribution in [3.63, 3.8) is 0 Å². The van der Waals surface area contributed by atoms with Crippen LogP contribution in [0.3, 0.4) is 0 Å². The van der Waals surface area contributed by atoms with E-state index in [4.69, 9.17) is 11.6 Å². The van der Waals surface area contributed by atoms with E-state index in [1.54, 1.807) is 7.05 Å². The summed E-state index contributed by atoms with van der Waals surface area (Å²) < 4.78 is 2.19. The molecule has 3 aromatic heterocycles. The van der Waals surface area contributed by atoms with E-state index in [1.807, 2.05) is 24.3 Å². The zero-order chi connectivity index (χ0) is 17.6. The summed E-state index contributed by atoms with van der Waals surface area (Å²) >= 11 is 7.96. The van der Waals surface area contributed by atoms with Gasteiger partial charge in [-0.15, -0.1) is 11.3 Å². The van der Waals surface area contributed by atoms with Gasteiger partial charge in [-0.2, -0.15) is 4.52 Å². The quantitative estimate of drug-likeness (QED) is 0.598. The molecule has 0 unspecified atom stereocenters. The van der Waals surface area contributed by atoms with Crippen molar-refractivity contribution < 1.29 is 4.79 Å². The maximum Gasteiger partial charge on any atom is 0.286 e. The van der Waals surface area contributed by atoms with Crippen molar-refractivity contribution in [2.45, 2.75) is 6.54 Å². The lowest BCUT2D eigenvalue weighted by molar-refractivity contribution is 0.0784. The van der Waals surface area contributed by atoms with E-state index in [1.165, 1.54) is 28.8 Å². The second-order valence-corrected chi connectivity index (χ2v) is 7.01. The highest BCUT2D eigenvalue weighted by Crippen LogP contribution is 2.35. The minimum absolute atomic E-state index is 0.0264. The highest BCUT2D eigenvalue weighted by Gasteiger charge is 2.20. The molecule has 0 bridgehead atoms. The van der Waals surface area contributed by atoms with E-state index < -0.39 is 11.5 Å². The van der Waals surface area contributed by atoms with Crippen LogP contribution in [0.2, 0.25) is 5.02 Å². The average Bonchev–Trinajstić information content (AvgIpc) is 3.21. The molecule has 1 N–H and O–H groups in total. The molecule has 4 rings (SSSR count). The number of fused-ring (bicyclic) bond motifs is 2. The van der Waals surface area contributed by atoms with Crippen LogP contribution in [0.1, 0.15) is 15.2 Å². The number of halogens is 1. The molecule has 4 aromatic rings. The molecule has 9 heteroatoms. The lowest BCUT2D eigenvalue weighted by Gasteiger charge is -2.16. The smallest absolute Gasteiger partial charge is 0.286 e. The van der Waals surface area contributed by atoms with E-state index in [0.29, 0.717) is 11.6 Å². The van der Waals surface area contributed by atoms with Crippen LogP contribution in [-0.2, 0) is 6.54 Å². The topological polar surface area (TPSA) is 83.4 Å². The summed E-state index contributed by atoms with van der Waals surface area (Å²) in [5, 5.41) is 4.24. The number of nitrogens with zero attached hydrogens (tertiary/aromatic N) is 4. The van der Waals surface area contributed by atoms with Gasteiger partial charge in [0.1, 0.15) is 11.9 Å². The predicted octanol–water partition coefficient (Wildman–Crippen LogP) is 2.56. The molecule has 0 radical (unpaired) electrons. The third-order valence-corrected chi connectivity index (χ3v) is 5.57. The Labute approximate surface area is 150 Å². The van der Waals surface area contributed by atoms with Crippen LogP contribution in [0.15, 0.2) is 41.6 Å². The van der Waals surface area contributed by atoms with Crippen molar-refractivity contribution in [2.24, 2.45) is 0 Å². The Morgan fingerprint density at radius 1 is 1.36 bits per heavy atom. The lowest BCUT2D eigenvalue weighted by atomic mass is 10.2. The number of carbonyl (C=O) groups excluding carboxylic acids is 1. The molecule has 0 aliphatic heterocycles. The number of benzene rings is 1. The predicted molar refractivity (Wildman–Crippen MR) is 96.2 cm³/mol. The average molecular weight is 374 g/mol. The standard InChI is InChI=1S/C16H12ClN5O2S/c1-21(7-12-13(17)9-4-2-3-5-11(9)25-12)14(23)10-6-18-16-19-8-20-22(16)15(10)24/h2-6,8H,7H2,1H3,(H,18,19,20). The zero-order valence-corrected chi connectivity index (χ0v) is 14.6. The fourth-order valence-electron chi connectivity index (χ4n) is 2.60. The minimum Gasteiger partial charge on any atom is -0.336 e. The Kier molecular flexibility index (Phi) is 3.78. The van der Waals surface area contributed by atoms with Gasteiger partial charge in [-0.25, -0.2) is 9.97 Å². The van der Waals surface area contributed by atoms with E-state index in [0.717, 1.165) is 19.5 Å². The number of nitrogens with one attached hydrogen (secondary N) is 1. The second-order valence-electron chi connectivity index (χ2n) is 5.50. The Hall–Kier alpha value is -2.71. The Bertz CT molecular complexity index is 1160. The largest absolute Gasteiger partial charge is 0.336 e. The summed E-state index contributed by atoms with van der Waals surface area (Å²) in [6.45, 7) is 0.308. The van der Waals surface area contributed by atoms with Crippen molar-refractivity contribution in [3.05, 3.63) is 62.6 Å². The number of rotatable bonds is 3. The summed E-state index contributed by atoms with van der Waals surface area (Å²) in [5.74, 6) is -0.202. The van der Waals surface area contributed by atoms with Gasteiger partial charge in [0, 0.05) is 28.2 Å². The molecule has 1 amide bonds. The second kappa shape index (κ2) is 5.98. The van der Waals surface area contributed by atoms with E-state index >= 15 is 0 Å².